The number of aliphatic hydroxyl groups excluding tert-OH is 1. The van der Waals surface area contributed by atoms with E-state index in [1.807, 2.05) is 0 Å². The van der Waals surface area contributed by atoms with Crippen LogP contribution in [0.2, 0.25) is 0 Å². The summed E-state index contributed by atoms with van der Waals surface area (Å²) in [6, 6.07) is -3.88. The fourth-order valence-electron chi connectivity index (χ4n) is 5.45. The Kier molecular flexibility index (Phi) is 14.5. The van der Waals surface area contributed by atoms with Crippen molar-refractivity contribution in [3.8, 4) is 0 Å². The van der Waals surface area contributed by atoms with E-state index < -0.39 is 108 Å². The number of rotatable bonds is 6. The van der Waals surface area contributed by atoms with Crippen molar-refractivity contribution < 1.29 is 48.1 Å². The van der Waals surface area contributed by atoms with Crippen LogP contribution in [0.5, 0.6) is 0 Å². The van der Waals surface area contributed by atoms with Gasteiger partial charge in [0.25, 0.3) is 17.7 Å². The minimum Gasteiger partial charge on any atom is -0.450 e. The van der Waals surface area contributed by atoms with Crippen LogP contribution in [0.25, 0.3) is 0 Å². The number of likely N-dealkylation sites (N-methyl/N-ethyl adjacent to an activating group) is 3. The third-order valence-corrected chi connectivity index (χ3v) is 8.02. The van der Waals surface area contributed by atoms with Gasteiger partial charge in [-0.15, -0.1) is 0 Å². The number of carbonyl (C=O) groups excluding carboxylic acids is 6. The molecule has 1 aliphatic rings. The highest BCUT2D eigenvalue weighted by Crippen LogP contribution is 2.24. The van der Waals surface area contributed by atoms with Crippen molar-refractivity contribution in [3.05, 3.63) is 0 Å². The summed E-state index contributed by atoms with van der Waals surface area (Å²) in [5.74, 6) is -7.47. The van der Waals surface area contributed by atoms with E-state index in [0.717, 1.165) is 14.7 Å². The van der Waals surface area contributed by atoms with E-state index in [-0.39, 0.29) is 0 Å². The van der Waals surface area contributed by atoms with Gasteiger partial charge in [-0.3, -0.25) is 14.4 Å². The number of hydrogen-bond acceptors (Lipinski definition) is 10. The zero-order valence-corrected chi connectivity index (χ0v) is 29.4. The van der Waals surface area contributed by atoms with Crippen LogP contribution in [0.1, 0.15) is 76.2 Å². The van der Waals surface area contributed by atoms with Crippen LogP contribution in [0.15, 0.2) is 0 Å². The lowest BCUT2D eigenvalue weighted by molar-refractivity contribution is -0.182. The molecule has 1 fully saturated rings. The molecule has 1 aliphatic heterocycles. The summed E-state index contributed by atoms with van der Waals surface area (Å²) >= 11 is 0. The van der Waals surface area contributed by atoms with Gasteiger partial charge in [0.15, 0.2) is 24.4 Å². The lowest BCUT2D eigenvalue weighted by atomic mass is 9.98. The van der Waals surface area contributed by atoms with Crippen LogP contribution < -0.4 is 0 Å². The molecule has 0 aromatic carbocycles. The average Bonchev–Trinajstić information content (AvgIpc) is 2.90. The molecule has 45 heavy (non-hydrogen) atoms. The molecule has 0 aromatic heterocycles. The number of nitrogens with zero attached hydrogens (tertiary/aromatic N) is 3. The largest absolute Gasteiger partial charge is 0.450 e. The Morgan fingerprint density at radius 3 is 0.867 bits per heavy atom. The fraction of sp³-hybridized carbons (Fsp3) is 0.812. The van der Waals surface area contributed by atoms with Crippen LogP contribution >= 0.6 is 0 Å². The number of hydrogen-bond donors (Lipinski definition) is 1. The van der Waals surface area contributed by atoms with Gasteiger partial charge in [0.05, 0.1) is 6.10 Å². The second-order valence-corrected chi connectivity index (χ2v) is 13.7. The molecule has 1 N–H and O–H groups in total. The minimum absolute atomic E-state index is 0.471. The second-order valence-electron chi connectivity index (χ2n) is 13.7. The smallest absolute Gasteiger partial charge is 0.332 e. The summed E-state index contributed by atoms with van der Waals surface area (Å²) in [6.45, 7) is 18.1. The topological polar surface area (TPSA) is 160 Å². The SMILES string of the molecule is CC(C)[C@H]1C(=O)O[C@H](C(C)C)C(=O)N(C)[C@@H]([C@@H](C)O)C(=O)O[C@H](C(C)C)C(=O)N(C)[C@@H](C(C)C)C(=O)O[C@H](C(C)C)C(=O)N1C. The quantitative estimate of drug-likeness (QED) is 0.335. The van der Waals surface area contributed by atoms with Gasteiger partial charge in [0.2, 0.25) is 0 Å². The second kappa shape index (κ2) is 16.4. The number of esters is 3. The Morgan fingerprint density at radius 2 is 0.667 bits per heavy atom. The molecule has 0 bridgehead atoms. The van der Waals surface area contributed by atoms with Crippen LogP contribution in [0.3, 0.4) is 0 Å². The van der Waals surface area contributed by atoms with Crippen LogP contribution in [-0.2, 0) is 43.0 Å². The minimum atomic E-state index is -1.56. The van der Waals surface area contributed by atoms with E-state index in [9.17, 15) is 33.9 Å². The van der Waals surface area contributed by atoms with Gasteiger partial charge in [-0.05, 0) is 36.5 Å². The molecule has 258 valence electrons. The normalized spacial score (nSPS) is 28.1. The van der Waals surface area contributed by atoms with Crippen LogP contribution in [0.4, 0.5) is 0 Å². The van der Waals surface area contributed by atoms with Gasteiger partial charge in [0, 0.05) is 21.1 Å². The molecule has 1 rings (SSSR count). The number of carbonyl (C=O) groups is 6. The molecule has 0 aliphatic carbocycles. The molecule has 3 amide bonds. The molecule has 0 radical (unpaired) electrons. The van der Waals surface area contributed by atoms with E-state index in [4.69, 9.17) is 14.2 Å². The standard InChI is InChI=1S/C32H55N3O10/c1-15(2)21-30(40)43-24(17(5)6)27(37)33(12)22(16(3)4)31(41)44-26(19(9)10)29(39)35(14)23(20(11)36)32(42)45-25(18(7)8)28(38)34(21)13/h15-26,36H,1-14H3/t20-,21+,22+,23+,24-,25-,26-/m1/s1. The zero-order valence-electron chi connectivity index (χ0n) is 29.4. The summed E-state index contributed by atoms with van der Waals surface area (Å²) < 4.78 is 17.1. The van der Waals surface area contributed by atoms with Crippen molar-refractivity contribution in [2.24, 2.45) is 29.6 Å². The lowest BCUT2D eigenvalue weighted by Crippen LogP contribution is -2.58. The first kappa shape index (κ1) is 39.8. The van der Waals surface area contributed by atoms with Gasteiger partial charge in [0.1, 0.15) is 12.1 Å². The van der Waals surface area contributed by atoms with Crippen LogP contribution in [-0.4, -0.2) is 119 Å². The lowest BCUT2D eigenvalue weighted by Gasteiger charge is -2.38. The molecule has 0 unspecified atom stereocenters. The molecule has 0 spiro atoms. The van der Waals surface area contributed by atoms with Gasteiger partial charge in [-0.25, -0.2) is 14.4 Å². The Bertz CT molecular complexity index is 954. The van der Waals surface area contributed by atoms with Crippen molar-refractivity contribution in [1.82, 2.24) is 14.7 Å². The predicted octanol–water partition coefficient (Wildman–Crippen LogP) is 1.88. The molecule has 13 heteroatoms. The maximum atomic E-state index is 13.8. The number of cyclic esters (lactones) is 3. The zero-order chi connectivity index (χ0) is 35.2. The molecule has 0 saturated carbocycles. The highest BCUT2D eigenvalue weighted by Gasteiger charge is 2.45. The van der Waals surface area contributed by atoms with E-state index in [1.165, 1.54) is 28.1 Å². The van der Waals surface area contributed by atoms with Gasteiger partial charge in [-0.1, -0.05) is 69.2 Å². The Morgan fingerprint density at radius 1 is 0.444 bits per heavy atom. The van der Waals surface area contributed by atoms with Crippen molar-refractivity contribution in [2.75, 3.05) is 21.1 Å². The molecular formula is C32H55N3O10. The Hall–Kier alpha value is -3.22. The summed E-state index contributed by atoms with van der Waals surface area (Å²) in [5.41, 5.74) is 0. The number of ether oxygens (including phenoxy) is 3. The van der Waals surface area contributed by atoms with Crippen molar-refractivity contribution in [3.63, 3.8) is 0 Å². The third kappa shape index (κ3) is 9.40. The molecule has 0 aromatic rings. The number of amides is 3. The van der Waals surface area contributed by atoms with E-state index >= 15 is 0 Å². The summed E-state index contributed by atoms with van der Waals surface area (Å²) in [5, 5.41) is 10.6. The van der Waals surface area contributed by atoms with Crippen molar-refractivity contribution >= 4 is 35.6 Å². The first-order chi connectivity index (χ1) is 20.6. The van der Waals surface area contributed by atoms with Gasteiger partial charge >= 0.3 is 17.9 Å². The first-order valence-electron chi connectivity index (χ1n) is 15.7. The summed E-state index contributed by atoms with van der Waals surface area (Å²) in [7, 11) is 4.05. The predicted molar refractivity (Wildman–Crippen MR) is 165 cm³/mol. The monoisotopic (exact) mass is 641 g/mol. The van der Waals surface area contributed by atoms with Crippen molar-refractivity contribution in [1.29, 1.82) is 0 Å². The number of aliphatic hydroxyl groups is 1. The van der Waals surface area contributed by atoms with Gasteiger partial charge < -0.3 is 34.0 Å². The third-order valence-electron chi connectivity index (χ3n) is 8.02. The maximum Gasteiger partial charge on any atom is 0.332 e. The molecule has 7 atom stereocenters. The van der Waals surface area contributed by atoms with E-state index in [2.05, 4.69) is 0 Å². The Balaban J connectivity index is 3.93. The summed E-state index contributed by atoms with van der Waals surface area (Å²) in [4.78, 5) is 85.5. The van der Waals surface area contributed by atoms with Crippen LogP contribution in [0, 0.1) is 29.6 Å². The molecule has 1 heterocycles. The summed E-state index contributed by atoms with van der Waals surface area (Å²) in [6.07, 6.45) is -5.52. The first-order valence-corrected chi connectivity index (χ1v) is 15.7. The molecule has 13 nitrogen and oxygen atoms in total. The van der Waals surface area contributed by atoms with E-state index in [0.29, 0.717) is 0 Å². The highest BCUT2D eigenvalue weighted by atomic mass is 16.6. The highest BCUT2D eigenvalue weighted by molar-refractivity contribution is 5.94. The molecular weight excluding hydrogens is 586 g/mol. The van der Waals surface area contributed by atoms with Crippen molar-refractivity contribution in [2.45, 2.75) is 119 Å². The van der Waals surface area contributed by atoms with E-state index in [1.54, 1.807) is 69.2 Å². The molecule has 1 saturated heterocycles. The Labute approximate surface area is 267 Å². The maximum absolute atomic E-state index is 13.8. The average molecular weight is 642 g/mol. The fourth-order valence-corrected chi connectivity index (χ4v) is 5.45. The van der Waals surface area contributed by atoms with Gasteiger partial charge in [-0.2, -0.15) is 0 Å².